The zero-order valence-corrected chi connectivity index (χ0v) is 22.1. The average Bonchev–Trinajstić information content (AvgIpc) is 2.87. The molecule has 3 aliphatic carbocycles. The summed E-state index contributed by atoms with van der Waals surface area (Å²) in [5, 5.41) is 57.1. The van der Waals surface area contributed by atoms with Crippen molar-refractivity contribution in [1.82, 2.24) is 5.32 Å². The molecule has 0 spiro atoms. The number of amides is 1. The van der Waals surface area contributed by atoms with Gasteiger partial charge in [0.25, 0.3) is 5.91 Å². The van der Waals surface area contributed by atoms with Crippen LogP contribution < -0.4 is 16.0 Å². The van der Waals surface area contributed by atoms with Gasteiger partial charge >= 0.3 is 0 Å². The number of allylic oxidation sites excluding steroid dienone is 2. The molecule has 0 radical (unpaired) electrons. The molecule has 0 aromatic heterocycles. The number of aromatic hydroxyl groups is 2. The number of nitrogens with two attached hydrogens (primary N) is 1. The lowest BCUT2D eigenvalue weighted by molar-refractivity contribution is -0.144. The van der Waals surface area contributed by atoms with E-state index in [-0.39, 0.29) is 48.4 Å². The molecule has 11 nitrogen and oxygen atoms in total. The van der Waals surface area contributed by atoms with Crippen molar-refractivity contribution in [2.24, 2.45) is 17.6 Å². The SMILES string of the molecule is CN(C)c1cc(CNCc2cccc(O)c2)c(O)c2c1C[C@H]1C[C@H]3CC(O)=C(C(N)=O)C(=O)[C@@]3(O)C(O)=C1C2=O. The van der Waals surface area contributed by atoms with Crippen LogP contribution in [0, 0.1) is 11.8 Å². The highest BCUT2D eigenvalue weighted by Gasteiger charge is 2.59. The maximum absolute atomic E-state index is 13.9. The number of carbonyl (C=O) groups excluding carboxylic acids is 3. The van der Waals surface area contributed by atoms with Crippen molar-refractivity contribution in [2.75, 3.05) is 19.0 Å². The van der Waals surface area contributed by atoms with Crippen LogP contribution in [0.1, 0.15) is 39.9 Å². The first-order valence-corrected chi connectivity index (χ1v) is 12.9. The van der Waals surface area contributed by atoms with Gasteiger partial charge in [0.05, 0.1) is 5.56 Å². The van der Waals surface area contributed by atoms with Gasteiger partial charge < -0.3 is 41.5 Å². The van der Waals surface area contributed by atoms with E-state index in [2.05, 4.69) is 5.32 Å². The summed E-state index contributed by atoms with van der Waals surface area (Å²) in [5.41, 5.74) is 4.11. The van der Waals surface area contributed by atoms with E-state index in [0.717, 1.165) is 5.56 Å². The summed E-state index contributed by atoms with van der Waals surface area (Å²) in [4.78, 5) is 40.7. The Bertz CT molecular complexity index is 1530. The van der Waals surface area contributed by atoms with E-state index in [1.807, 2.05) is 11.0 Å². The second kappa shape index (κ2) is 9.68. The molecule has 0 fully saturated rings. The molecule has 3 aliphatic rings. The van der Waals surface area contributed by atoms with Gasteiger partial charge in [0.15, 0.2) is 11.4 Å². The molecule has 0 saturated heterocycles. The number of Topliss-reactive ketones (excluding diaryl/α,β-unsaturated/α-hetero) is 2. The monoisotopic (exact) mass is 549 g/mol. The highest BCUT2D eigenvalue weighted by Crippen LogP contribution is 2.52. The molecule has 5 rings (SSSR count). The van der Waals surface area contributed by atoms with E-state index >= 15 is 0 Å². The number of aliphatic hydroxyl groups is 3. The van der Waals surface area contributed by atoms with E-state index in [1.54, 1.807) is 38.4 Å². The molecule has 0 unspecified atom stereocenters. The topological polar surface area (TPSA) is 194 Å². The number of phenolic OH excluding ortho intramolecular Hbond substituents is 2. The summed E-state index contributed by atoms with van der Waals surface area (Å²) in [6.45, 7) is 0.553. The zero-order valence-electron chi connectivity index (χ0n) is 22.1. The molecule has 40 heavy (non-hydrogen) atoms. The van der Waals surface area contributed by atoms with Gasteiger partial charge in [-0.2, -0.15) is 0 Å². The van der Waals surface area contributed by atoms with Crippen LogP contribution >= 0.6 is 0 Å². The Labute approximate surface area is 229 Å². The Morgan fingerprint density at radius 1 is 1.10 bits per heavy atom. The maximum atomic E-state index is 13.9. The van der Waals surface area contributed by atoms with Crippen molar-refractivity contribution >= 4 is 23.2 Å². The van der Waals surface area contributed by atoms with Crippen LogP contribution in [0.3, 0.4) is 0 Å². The molecule has 0 bridgehead atoms. The van der Waals surface area contributed by atoms with Gasteiger partial charge in [-0.15, -0.1) is 0 Å². The quantitative estimate of drug-likeness (QED) is 0.260. The molecule has 1 amide bonds. The normalized spacial score (nSPS) is 24.0. The van der Waals surface area contributed by atoms with E-state index in [0.29, 0.717) is 23.4 Å². The van der Waals surface area contributed by atoms with Crippen LogP contribution in [0.4, 0.5) is 5.69 Å². The number of nitrogens with one attached hydrogen (secondary N) is 1. The maximum Gasteiger partial charge on any atom is 0.255 e. The van der Waals surface area contributed by atoms with Crippen LogP contribution in [0.25, 0.3) is 0 Å². The van der Waals surface area contributed by atoms with Gasteiger partial charge in [-0.05, 0) is 48.1 Å². The minimum absolute atomic E-state index is 0.0306. The van der Waals surface area contributed by atoms with Crippen molar-refractivity contribution in [3.05, 3.63) is 75.3 Å². The first-order chi connectivity index (χ1) is 18.9. The minimum atomic E-state index is -2.60. The standard InChI is InChI=1S/C29H31N3O8/c1-32(2)19-9-15(12-31-11-13-4-3-5-17(33)6-13)24(35)22-18(19)8-14-7-16-10-20(34)23(28(30)39)27(38)29(16,40)26(37)21(14)25(22)36/h3-6,9,14,16,31,33-35,37,40H,7-8,10-12H2,1-2H3,(H2,30,39)/t14-,16+,29+/m1/s1. The molecule has 11 heteroatoms. The summed E-state index contributed by atoms with van der Waals surface area (Å²) < 4.78 is 0. The molecule has 3 atom stereocenters. The second-order valence-electron chi connectivity index (χ2n) is 10.8. The van der Waals surface area contributed by atoms with Crippen LogP contribution in [0.5, 0.6) is 11.5 Å². The second-order valence-corrected chi connectivity index (χ2v) is 10.8. The number of primary amides is 1. The molecule has 0 saturated carbocycles. The highest BCUT2D eigenvalue weighted by atomic mass is 16.3. The van der Waals surface area contributed by atoms with E-state index in [4.69, 9.17) is 5.73 Å². The molecular weight excluding hydrogens is 518 g/mol. The summed E-state index contributed by atoms with van der Waals surface area (Å²) >= 11 is 0. The largest absolute Gasteiger partial charge is 0.511 e. The van der Waals surface area contributed by atoms with Crippen LogP contribution in [0.15, 0.2) is 53.0 Å². The van der Waals surface area contributed by atoms with E-state index in [1.165, 1.54) is 0 Å². The van der Waals surface area contributed by atoms with Gasteiger partial charge in [-0.1, -0.05) is 12.1 Å². The number of phenols is 2. The number of aliphatic hydroxyl groups excluding tert-OH is 2. The van der Waals surface area contributed by atoms with Gasteiger partial charge in [-0.3, -0.25) is 14.4 Å². The van der Waals surface area contributed by atoms with Crippen molar-refractivity contribution < 1.29 is 39.9 Å². The summed E-state index contributed by atoms with van der Waals surface area (Å²) in [6.07, 6.45) is 0.0290. The molecule has 2 aromatic carbocycles. The molecule has 0 heterocycles. The Hall–Kier alpha value is -4.35. The third-order valence-electron chi connectivity index (χ3n) is 8.15. The number of ketones is 2. The number of fused-ring (bicyclic) bond motifs is 3. The van der Waals surface area contributed by atoms with Crippen LogP contribution in [-0.2, 0) is 29.1 Å². The van der Waals surface area contributed by atoms with Crippen LogP contribution in [0.2, 0.25) is 0 Å². The number of carbonyl (C=O) groups is 3. The Morgan fingerprint density at radius 2 is 1.82 bits per heavy atom. The number of anilines is 1. The number of rotatable bonds is 6. The molecule has 0 aliphatic heterocycles. The predicted molar refractivity (Wildman–Crippen MR) is 144 cm³/mol. The van der Waals surface area contributed by atoms with Crippen molar-refractivity contribution in [1.29, 1.82) is 0 Å². The first-order valence-electron chi connectivity index (χ1n) is 12.9. The highest BCUT2D eigenvalue weighted by molar-refractivity contribution is 6.24. The Balaban J connectivity index is 1.56. The fourth-order valence-corrected chi connectivity index (χ4v) is 6.26. The average molecular weight is 550 g/mol. The van der Waals surface area contributed by atoms with Gasteiger partial charge in [0, 0.05) is 56.3 Å². The van der Waals surface area contributed by atoms with Crippen molar-refractivity contribution in [3.63, 3.8) is 0 Å². The van der Waals surface area contributed by atoms with Crippen molar-refractivity contribution in [2.45, 2.75) is 38.0 Å². The predicted octanol–water partition coefficient (Wildman–Crippen LogP) is 1.64. The first kappa shape index (κ1) is 27.2. The smallest absolute Gasteiger partial charge is 0.255 e. The van der Waals surface area contributed by atoms with E-state index in [9.17, 15) is 39.9 Å². The third-order valence-corrected chi connectivity index (χ3v) is 8.15. The zero-order chi connectivity index (χ0) is 29.1. The lowest BCUT2D eigenvalue weighted by atomic mass is 9.60. The molecular formula is C29H31N3O8. The molecule has 8 N–H and O–H groups in total. The summed E-state index contributed by atoms with van der Waals surface area (Å²) in [6, 6.07) is 8.49. The molecule has 210 valence electrons. The molecule has 2 aromatic rings. The summed E-state index contributed by atoms with van der Waals surface area (Å²) in [5.74, 6) is -6.40. The van der Waals surface area contributed by atoms with Crippen molar-refractivity contribution in [3.8, 4) is 11.5 Å². The van der Waals surface area contributed by atoms with Crippen LogP contribution in [-0.4, -0.2) is 62.7 Å². The summed E-state index contributed by atoms with van der Waals surface area (Å²) in [7, 11) is 3.61. The third kappa shape index (κ3) is 4.09. The van der Waals surface area contributed by atoms with E-state index < -0.39 is 52.0 Å². The number of benzene rings is 2. The lowest BCUT2D eigenvalue weighted by Crippen LogP contribution is -2.57. The lowest BCUT2D eigenvalue weighted by Gasteiger charge is -2.46. The van der Waals surface area contributed by atoms with Gasteiger partial charge in [0.2, 0.25) is 5.78 Å². The minimum Gasteiger partial charge on any atom is -0.511 e. The van der Waals surface area contributed by atoms with Gasteiger partial charge in [-0.25, -0.2) is 0 Å². The number of hydrogen-bond donors (Lipinski definition) is 7. The Kier molecular flexibility index (Phi) is 6.59. The fourth-order valence-electron chi connectivity index (χ4n) is 6.26. The fraction of sp³-hybridized carbons (Fsp3) is 0.345. The van der Waals surface area contributed by atoms with Gasteiger partial charge in [0.1, 0.15) is 28.6 Å². The number of hydrogen-bond acceptors (Lipinski definition) is 10. The number of nitrogens with zero attached hydrogens (tertiary/aromatic N) is 1. The Morgan fingerprint density at radius 3 is 2.48 bits per heavy atom.